The third-order valence-electron chi connectivity index (χ3n) is 4.64. The number of halogens is 1. The zero-order valence-corrected chi connectivity index (χ0v) is 18.2. The Morgan fingerprint density at radius 2 is 2.04 bits per heavy atom. The van der Waals surface area contributed by atoms with E-state index in [4.69, 9.17) is 0 Å². The van der Waals surface area contributed by atoms with Gasteiger partial charge in [-0.25, -0.2) is 0 Å². The lowest BCUT2D eigenvalue weighted by atomic mass is 10.0. The van der Waals surface area contributed by atoms with Gasteiger partial charge in [-0.05, 0) is 25.8 Å². The smallest absolute Gasteiger partial charge is 0.191 e. The fraction of sp³-hybridized carbons (Fsp3) is 0.824. The third-order valence-corrected chi connectivity index (χ3v) is 4.64. The van der Waals surface area contributed by atoms with Crippen LogP contribution in [0.3, 0.4) is 0 Å². The Morgan fingerprint density at radius 3 is 2.68 bits per heavy atom. The largest absolute Gasteiger partial charge is 0.355 e. The fourth-order valence-corrected chi connectivity index (χ4v) is 3.10. The molecule has 1 aromatic heterocycles. The maximum atomic E-state index is 4.35. The molecule has 2 rings (SSSR count). The predicted molar refractivity (Wildman–Crippen MR) is 114 cm³/mol. The summed E-state index contributed by atoms with van der Waals surface area (Å²) in [5.41, 5.74) is 0. The molecule has 0 amide bonds. The van der Waals surface area contributed by atoms with E-state index in [0.29, 0.717) is 6.04 Å². The van der Waals surface area contributed by atoms with Gasteiger partial charge in [0, 0.05) is 45.7 Å². The van der Waals surface area contributed by atoms with E-state index < -0.39 is 0 Å². The number of likely N-dealkylation sites (tertiary alicyclic amines) is 1. The minimum absolute atomic E-state index is 0. The first-order valence-electron chi connectivity index (χ1n) is 9.33. The molecular weight excluding hydrogens is 429 g/mol. The number of aliphatic imine (C=N–C) groups is 1. The molecule has 25 heavy (non-hydrogen) atoms. The van der Waals surface area contributed by atoms with Crippen LogP contribution in [-0.2, 0) is 13.0 Å². The Labute approximate surface area is 169 Å². The highest BCUT2D eigenvalue weighted by molar-refractivity contribution is 14.0. The summed E-state index contributed by atoms with van der Waals surface area (Å²) in [5, 5.41) is 15.0. The summed E-state index contributed by atoms with van der Waals surface area (Å²) in [7, 11) is 1.84. The van der Waals surface area contributed by atoms with Crippen molar-refractivity contribution in [3.63, 3.8) is 0 Å². The number of hydrogen-bond acceptors (Lipinski definition) is 4. The van der Waals surface area contributed by atoms with Crippen molar-refractivity contribution in [2.24, 2.45) is 4.99 Å². The fourth-order valence-electron chi connectivity index (χ4n) is 3.10. The van der Waals surface area contributed by atoms with Gasteiger partial charge in [-0.15, -0.1) is 34.2 Å². The van der Waals surface area contributed by atoms with Crippen molar-refractivity contribution in [2.45, 2.75) is 58.5 Å². The van der Waals surface area contributed by atoms with E-state index in [-0.39, 0.29) is 24.0 Å². The second-order valence-electron chi connectivity index (χ2n) is 6.41. The van der Waals surface area contributed by atoms with Gasteiger partial charge in [0.05, 0.1) is 0 Å². The molecular formula is C17H34IN7. The lowest BCUT2D eigenvalue weighted by molar-refractivity contribution is 0.203. The topological polar surface area (TPSA) is 70.4 Å². The van der Waals surface area contributed by atoms with Crippen LogP contribution in [0.1, 0.15) is 45.4 Å². The van der Waals surface area contributed by atoms with E-state index >= 15 is 0 Å². The van der Waals surface area contributed by atoms with E-state index in [2.05, 4.69) is 49.1 Å². The number of guanidine groups is 1. The molecule has 0 saturated carbocycles. The number of rotatable bonds is 8. The summed E-state index contributed by atoms with van der Waals surface area (Å²) < 4.78 is 2.09. The first-order chi connectivity index (χ1) is 11.8. The van der Waals surface area contributed by atoms with Gasteiger partial charge in [0.25, 0.3) is 0 Å². The molecule has 2 heterocycles. The Morgan fingerprint density at radius 1 is 1.28 bits per heavy atom. The Bertz CT molecular complexity index is 495. The maximum Gasteiger partial charge on any atom is 0.191 e. The molecule has 8 heteroatoms. The SMILES string of the molecule is CCCCN1CCC(NC(=NC)NCCn2cnnc2CC)CC1.I. The van der Waals surface area contributed by atoms with Crippen LogP contribution in [0.2, 0.25) is 0 Å². The van der Waals surface area contributed by atoms with Gasteiger partial charge in [0.15, 0.2) is 5.96 Å². The van der Waals surface area contributed by atoms with E-state index in [1.165, 1.54) is 45.3 Å². The minimum atomic E-state index is 0. The molecule has 7 nitrogen and oxygen atoms in total. The highest BCUT2D eigenvalue weighted by Crippen LogP contribution is 2.11. The van der Waals surface area contributed by atoms with E-state index in [9.17, 15) is 0 Å². The molecule has 1 aliphatic rings. The molecule has 0 aliphatic carbocycles. The zero-order chi connectivity index (χ0) is 17.2. The molecule has 0 aromatic carbocycles. The van der Waals surface area contributed by atoms with Gasteiger partial charge in [-0.1, -0.05) is 20.3 Å². The van der Waals surface area contributed by atoms with Gasteiger partial charge in [0.1, 0.15) is 12.2 Å². The standard InChI is InChI=1S/C17H33N7.HI/c1-4-6-10-23-11-7-15(8-12-23)21-17(18-3)19-9-13-24-14-20-22-16(24)5-2;/h14-15H,4-13H2,1-3H3,(H2,18,19,21);1H. The Kier molecular flexibility index (Phi) is 11.0. The molecule has 1 saturated heterocycles. The van der Waals surface area contributed by atoms with Crippen molar-refractivity contribution in [3.8, 4) is 0 Å². The normalized spacial score (nSPS) is 16.5. The summed E-state index contributed by atoms with van der Waals surface area (Å²) in [5.74, 6) is 1.92. The third kappa shape index (κ3) is 7.47. The lowest BCUT2D eigenvalue weighted by Crippen LogP contribution is -2.49. The van der Waals surface area contributed by atoms with Crippen molar-refractivity contribution in [2.75, 3.05) is 33.2 Å². The highest BCUT2D eigenvalue weighted by atomic mass is 127. The molecule has 0 atom stereocenters. The molecule has 2 N–H and O–H groups in total. The van der Waals surface area contributed by atoms with Crippen LogP contribution >= 0.6 is 24.0 Å². The van der Waals surface area contributed by atoms with Crippen molar-refractivity contribution in [1.82, 2.24) is 30.3 Å². The number of aromatic nitrogens is 3. The average Bonchev–Trinajstić information content (AvgIpc) is 3.07. The van der Waals surface area contributed by atoms with Crippen molar-refractivity contribution < 1.29 is 0 Å². The summed E-state index contributed by atoms with van der Waals surface area (Å²) in [6.07, 6.45) is 7.67. The molecule has 0 bridgehead atoms. The van der Waals surface area contributed by atoms with Crippen molar-refractivity contribution in [1.29, 1.82) is 0 Å². The molecule has 1 aromatic rings. The first kappa shape index (κ1) is 22.1. The van der Waals surface area contributed by atoms with Crippen LogP contribution in [-0.4, -0.2) is 64.9 Å². The average molecular weight is 463 g/mol. The summed E-state index contributed by atoms with van der Waals surface area (Å²) in [6, 6.07) is 0.523. The van der Waals surface area contributed by atoms with E-state index in [0.717, 1.165) is 31.3 Å². The number of unbranched alkanes of at least 4 members (excludes halogenated alkanes) is 1. The molecule has 1 fully saturated rings. The van der Waals surface area contributed by atoms with Crippen LogP contribution in [0.25, 0.3) is 0 Å². The van der Waals surface area contributed by atoms with Crippen LogP contribution in [0.4, 0.5) is 0 Å². The number of piperidine rings is 1. The van der Waals surface area contributed by atoms with Crippen LogP contribution < -0.4 is 10.6 Å². The summed E-state index contributed by atoms with van der Waals surface area (Å²) in [6.45, 7) is 9.65. The van der Waals surface area contributed by atoms with Gasteiger partial charge >= 0.3 is 0 Å². The minimum Gasteiger partial charge on any atom is -0.355 e. The second kappa shape index (κ2) is 12.5. The van der Waals surface area contributed by atoms with Crippen molar-refractivity contribution >= 4 is 29.9 Å². The molecule has 0 unspecified atom stereocenters. The van der Waals surface area contributed by atoms with Crippen LogP contribution in [0.15, 0.2) is 11.3 Å². The predicted octanol–water partition coefficient (Wildman–Crippen LogP) is 1.89. The second-order valence-corrected chi connectivity index (χ2v) is 6.41. The molecule has 1 aliphatic heterocycles. The van der Waals surface area contributed by atoms with Gasteiger partial charge in [-0.3, -0.25) is 4.99 Å². The maximum absolute atomic E-state index is 4.35. The number of nitrogens with zero attached hydrogens (tertiary/aromatic N) is 5. The number of aryl methyl sites for hydroxylation is 1. The van der Waals surface area contributed by atoms with E-state index in [1.54, 1.807) is 6.33 Å². The van der Waals surface area contributed by atoms with Crippen molar-refractivity contribution in [3.05, 3.63) is 12.2 Å². The first-order valence-corrected chi connectivity index (χ1v) is 9.33. The zero-order valence-electron chi connectivity index (χ0n) is 15.9. The monoisotopic (exact) mass is 463 g/mol. The quantitative estimate of drug-likeness (QED) is 0.350. The lowest BCUT2D eigenvalue weighted by Gasteiger charge is -2.33. The Balaban J connectivity index is 0.00000312. The van der Waals surface area contributed by atoms with Gasteiger partial charge in [-0.2, -0.15) is 0 Å². The number of hydrogen-bond donors (Lipinski definition) is 2. The molecule has 0 radical (unpaired) electrons. The van der Waals surface area contributed by atoms with Crippen LogP contribution in [0.5, 0.6) is 0 Å². The van der Waals surface area contributed by atoms with Crippen LogP contribution in [0, 0.1) is 0 Å². The van der Waals surface area contributed by atoms with Gasteiger partial charge in [0.2, 0.25) is 0 Å². The van der Waals surface area contributed by atoms with E-state index in [1.807, 2.05) is 7.05 Å². The highest BCUT2D eigenvalue weighted by Gasteiger charge is 2.19. The summed E-state index contributed by atoms with van der Waals surface area (Å²) >= 11 is 0. The molecule has 0 spiro atoms. The van der Waals surface area contributed by atoms with Gasteiger partial charge < -0.3 is 20.1 Å². The summed E-state index contributed by atoms with van der Waals surface area (Å²) in [4.78, 5) is 6.93. The Hall–Kier alpha value is -0.900. The molecule has 144 valence electrons. The number of nitrogens with one attached hydrogen (secondary N) is 2.